The van der Waals surface area contributed by atoms with E-state index < -0.39 is 5.97 Å². The average molecular weight is 862 g/mol. The Kier molecular flexibility index (Phi) is 13.3. The molecule has 0 spiro atoms. The monoisotopic (exact) mass is 861 g/mol. The number of benzene rings is 6. The Morgan fingerprint density at radius 1 is 0.516 bits per heavy atom. The molecule has 8 rings (SSSR count). The van der Waals surface area contributed by atoms with E-state index in [0.717, 1.165) is 39.1 Å². The molecule has 7 aromatic rings. The van der Waals surface area contributed by atoms with E-state index in [-0.39, 0.29) is 19.8 Å². The highest BCUT2D eigenvalue weighted by atomic mass is 16.5. The highest BCUT2D eigenvalue weighted by Crippen LogP contribution is 2.56. The lowest BCUT2D eigenvalue weighted by molar-refractivity contribution is 0.0514. The first-order valence-corrected chi connectivity index (χ1v) is 21.1. The van der Waals surface area contributed by atoms with E-state index in [1.165, 1.54) is 0 Å². The lowest BCUT2D eigenvalue weighted by Crippen LogP contribution is -2.19. The fourth-order valence-electron chi connectivity index (χ4n) is 8.23. The molecule has 0 amide bonds. The molecular formula is C53H51NO10. The number of hydrogen-bond acceptors (Lipinski definition) is 10. The molecule has 0 bridgehead atoms. The first kappa shape index (κ1) is 43.1. The van der Waals surface area contributed by atoms with E-state index in [4.69, 9.17) is 42.6 Å². The zero-order valence-corrected chi connectivity index (χ0v) is 36.9. The fraction of sp³-hybridized carbons (Fsp3) is 0.226. The molecule has 1 aliphatic rings. The zero-order valence-electron chi connectivity index (χ0n) is 36.9. The van der Waals surface area contributed by atoms with Crippen molar-refractivity contribution in [3.63, 3.8) is 0 Å². The fourth-order valence-corrected chi connectivity index (χ4v) is 8.23. The lowest BCUT2D eigenvalue weighted by atomic mass is 9.89. The topological polar surface area (TPSA) is 105 Å². The minimum absolute atomic E-state index is 0.149. The number of hydrogen-bond donors (Lipinski definition) is 0. The Bertz CT molecular complexity index is 2730. The van der Waals surface area contributed by atoms with Gasteiger partial charge in [-0.25, -0.2) is 4.79 Å². The van der Waals surface area contributed by atoms with Crippen molar-refractivity contribution in [2.75, 3.05) is 42.2 Å². The van der Waals surface area contributed by atoms with Gasteiger partial charge in [0.25, 0.3) is 0 Å². The van der Waals surface area contributed by atoms with E-state index in [0.29, 0.717) is 88.0 Å². The number of carbonyl (C=O) groups excluding carboxylic acids is 1. The van der Waals surface area contributed by atoms with Crippen molar-refractivity contribution in [3.05, 3.63) is 155 Å². The third-order valence-electron chi connectivity index (χ3n) is 11.2. The smallest absolute Gasteiger partial charge is 0.355 e. The normalized spacial score (nSPS) is 11.5. The number of methoxy groups -OCH3 is 5. The third kappa shape index (κ3) is 8.61. The number of fused-ring (bicyclic) bond motifs is 3. The number of rotatable bonds is 18. The second kappa shape index (κ2) is 19.7. The average Bonchev–Trinajstić information content (AvgIpc) is 3.70. The van der Waals surface area contributed by atoms with Crippen molar-refractivity contribution < 1.29 is 47.4 Å². The first-order chi connectivity index (χ1) is 31.4. The van der Waals surface area contributed by atoms with Crippen LogP contribution in [-0.4, -0.2) is 52.7 Å². The summed E-state index contributed by atoms with van der Waals surface area (Å²) in [7, 11) is 7.99. The van der Waals surface area contributed by atoms with Gasteiger partial charge in [0.05, 0.1) is 47.8 Å². The van der Waals surface area contributed by atoms with Crippen LogP contribution in [0.15, 0.2) is 127 Å². The summed E-state index contributed by atoms with van der Waals surface area (Å²) in [6, 6.07) is 41.1. The van der Waals surface area contributed by atoms with Gasteiger partial charge in [0, 0.05) is 40.4 Å². The molecule has 11 heteroatoms. The van der Waals surface area contributed by atoms with Gasteiger partial charge in [0.1, 0.15) is 31.3 Å². The van der Waals surface area contributed by atoms with Crippen LogP contribution in [0.5, 0.6) is 46.0 Å². The number of nitrogens with zero attached hydrogens (tertiary/aromatic N) is 1. The Balaban J connectivity index is 1.44. The molecule has 0 fully saturated rings. The summed E-state index contributed by atoms with van der Waals surface area (Å²) in [5, 5.41) is 0. The molecule has 1 aromatic heterocycles. The van der Waals surface area contributed by atoms with Crippen molar-refractivity contribution in [3.8, 4) is 79.5 Å². The van der Waals surface area contributed by atoms with Gasteiger partial charge in [-0.05, 0) is 59.9 Å². The predicted molar refractivity (Wildman–Crippen MR) is 245 cm³/mol. The van der Waals surface area contributed by atoms with Crippen LogP contribution >= 0.6 is 0 Å². The molecule has 0 atom stereocenters. The highest BCUT2D eigenvalue weighted by molar-refractivity contribution is 6.08. The molecule has 64 heavy (non-hydrogen) atoms. The van der Waals surface area contributed by atoms with Crippen LogP contribution in [0.2, 0.25) is 0 Å². The van der Waals surface area contributed by atoms with Gasteiger partial charge in [-0.2, -0.15) is 0 Å². The van der Waals surface area contributed by atoms with Crippen LogP contribution in [0.4, 0.5) is 0 Å². The SMILES string of the molecule is CCOC(=O)c1c(-c2cc(OC)c(OCc3ccccc3)cc2OCc2ccccc2)c(-c2ccc(OC)c(OC)c2)c2n1CCc1c-2cc(OC)c(OC)c1OCc1ccccc1. The molecule has 6 aromatic carbocycles. The quantitative estimate of drug-likeness (QED) is 0.0775. The van der Waals surface area contributed by atoms with Crippen LogP contribution in [0.25, 0.3) is 33.5 Å². The van der Waals surface area contributed by atoms with Crippen molar-refractivity contribution in [2.45, 2.75) is 39.7 Å². The Morgan fingerprint density at radius 2 is 1.06 bits per heavy atom. The Labute approximate surface area is 373 Å². The number of ether oxygens (including phenoxy) is 9. The van der Waals surface area contributed by atoms with Crippen LogP contribution in [0.3, 0.4) is 0 Å². The first-order valence-electron chi connectivity index (χ1n) is 21.1. The molecule has 0 radical (unpaired) electrons. The van der Waals surface area contributed by atoms with E-state index in [9.17, 15) is 4.79 Å². The summed E-state index contributed by atoms with van der Waals surface area (Å²) in [5.41, 5.74) is 8.26. The van der Waals surface area contributed by atoms with Crippen LogP contribution in [-0.2, 0) is 37.5 Å². The van der Waals surface area contributed by atoms with Gasteiger partial charge in [-0.15, -0.1) is 0 Å². The summed E-state index contributed by atoms with van der Waals surface area (Å²) in [4.78, 5) is 14.8. The van der Waals surface area contributed by atoms with Crippen LogP contribution < -0.4 is 37.9 Å². The van der Waals surface area contributed by atoms with Gasteiger partial charge in [0.2, 0.25) is 5.75 Å². The van der Waals surface area contributed by atoms with Crippen LogP contribution in [0, 0.1) is 0 Å². The zero-order chi connectivity index (χ0) is 44.6. The maximum Gasteiger partial charge on any atom is 0.355 e. The number of carbonyl (C=O) groups is 1. The summed E-state index contributed by atoms with van der Waals surface area (Å²) in [6.45, 7) is 3.15. The second-order valence-electron chi connectivity index (χ2n) is 14.9. The molecule has 2 heterocycles. The van der Waals surface area contributed by atoms with Crippen molar-refractivity contribution >= 4 is 5.97 Å². The molecule has 0 aliphatic carbocycles. The Morgan fingerprint density at radius 3 is 1.62 bits per heavy atom. The van der Waals surface area contributed by atoms with Gasteiger partial charge in [-0.1, -0.05) is 97.1 Å². The maximum atomic E-state index is 14.8. The summed E-state index contributed by atoms with van der Waals surface area (Å²) in [6.07, 6.45) is 0.492. The number of esters is 1. The van der Waals surface area contributed by atoms with Gasteiger partial charge < -0.3 is 47.2 Å². The molecule has 0 unspecified atom stereocenters. The maximum absolute atomic E-state index is 14.8. The largest absolute Gasteiger partial charge is 0.493 e. The summed E-state index contributed by atoms with van der Waals surface area (Å²) >= 11 is 0. The van der Waals surface area contributed by atoms with E-state index in [2.05, 4.69) is 0 Å². The van der Waals surface area contributed by atoms with Gasteiger partial charge in [-0.3, -0.25) is 0 Å². The summed E-state index contributed by atoms with van der Waals surface area (Å²) in [5.74, 6) is 3.40. The van der Waals surface area contributed by atoms with E-state index >= 15 is 0 Å². The van der Waals surface area contributed by atoms with Gasteiger partial charge in [0.15, 0.2) is 34.5 Å². The summed E-state index contributed by atoms with van der Waals surface area (Å²) < 4.78 is 57.6. The van der Waals surface area contributed by atoms with Crippen LogP contribution in [0.1, 0.15) is 39.7 Å². The van der Waals surface area contributed by atoms with Crippen molar-refractivity contribution in [1.82, 2.24) is 4.57 Å². The minimum Gasteiger partial charge on any atom is -0.493 e. The molecule has 0 saturated carbocycles. The van der Waals surface area contributed by atoms with E-state index in [1.807, 2.05) is 132 Å². The molecule has 0 N–H and O–H groups in total. The lowest BCUT2D eigenvalue weighted by Gasteiger charge is -2.27. The predicted octanol–water partition coefficient (Wildman–Crippen LogP) is 11.0. The van der Waals surface area contributed by atoms with Crippen molar-refractivity contribution in [2.24, 2.45) is 0 Å². The Hall–Kier alpha value is -7.53. The highest BCUT2D eigenvalue weighted by Gasteiger charge is 2.37. The standard InChI is InChI=1S/C53H51NO10/c1-7-61-53(55)50-48(40-29-44(58-4)45(63-32-35-19-13-9-14-20-35)30-42(40)62-31-34-17-11-8-12-18-34)47(37-23-24-41(56-2)43(27-37)57-3)49-39-28-46(59-5)52(60-6)51(38(39)25-26-54(49)50)64-33-36-21-15-10-16-22-36/h8-24,27-30H,7,25-26,31-33H2,1-6H3. The number of aromatic nitrogens is 1. The third-order valence-corrected chi connectivity index (χ3v) is 11.2. The molecule has 1 aliphatic heterocycles. The van der Waals surface area contributed by atoms with Gasteiger partial charge >= 0.3 is 5.97 Å². The molecule has 0 saturated heterocycles. The second-order valence-corrected chi connectivity index (χ2v) is 14.9. The van der Waals surface area contributed by atoms with Crippen molar-refractivity contribution in [1.29, 1.82) is 0 Å². The molecule has 11 nitrogen and oxygen atoms in total. The molecular weight excluding hydrogens is 811 g/mol. The minimum atomic E-state index is -0.507. The molecule has 328 valence electrons. The van der Waals surface area contributed by atoms with E-state index in [1.54, 1.807) is 42.5 Å².